The zero-order valence-corrected chi connectivity index (χ0v) is 18.9. The molecule has 0 aliphatic heterocycles. The Kier molecular flexibility index (Phi) is 9.88. The summed E-state index contributed by atoms with van der Waals surface area (Å²) >= 11 is 0. The van der Waals surface area contributed by atoms with E-state index in [1.54, 1.807) is 24.3 Å². The lowest BCUT2D eigenvalue weighted by molar-refractivity contribution is -0.124. The molecule has 31 heavy (non-hydrogen) atoms. The molecular weight excluding hydrogens is 392 g/mol. The van der Waals surface area contributed by atoms with Crippen LogP contribution in [0.3, 0.4) is 0 Å². The van der Waals surface area contributed by atoms with Gasteiger partial charge in [0.2, 0.25) is 5.91 Å². The van der Waals surface area contributed by atoms with Crippen LogP contribution in [0.1, 0.15) is 50.0 Å². The zero-order chi connectivity index (χ0) is 22.6. The predicted octanol–water partition coefficient (Wildman–Crippen LogP) is 3.99. The molecule has 6 heteroatoms. The number of benzene rings is 2. The van der Waals surface area contributed by atoms with Crippen molar-refractivity contribution in [3.05, 3.63) is 59.7 Å². The number of carbonyl (C=O) groups is 2. The Morgan fingerprint density at radius 3 is 2.26 bits per heavy atom. The molecule has 0 spiro atoms. The molecule has 0 radical (unpaired) electrons. The smallest absolute Gasteiger partial charge is 0.251 e. The highest BCUT2D eigenvalue weighted by Crippen LogP contribution is 2.28. The van der Waals surface area contributed by atoms with E-state index in [1.165, 1.54) is 0 Å². The van der Waals surface area contributed by atoms with Crippen LogP contribution in [-0.4, -0.2) is 37.6 Å². The highest BCUT2D eigenvalue weighted by atomic mass is 16.5. The number of carbonyl (C=O) groups excluding carboxylic acids is 2. The van der Waals surface area contributed by atoms with Gasteiger partial charge in [-0.15, -0.1) is 0 Å². The van der Waals surface area contributed by atoms with Crippen molar-refractivity contribution in [2.24, 2.45) is 5.92 Å². The maximum absolute atomic E-state index is 12.8. The molecule has 0 saturated heterocycles. The highest BCUT2D eigenvalue weighted by molar-refractivity contribution is 5.97. The molecule has 0 heterocycles. The van der Waals surface area contributed by atoms with Gasteiger partial charge in [-0.1, -0.05) is 44.5 Å². The second kappa shape index (κ2) is 12.6. The molecule has 2 amide bonds. The van der Waals surface area contributed by atoms with Crippen molar-refractivity contribution in [1.82, 2.24) is 10.6 Å². The number of ether oxygens (including phenoxy) is 2. The highest BCUT2D eigenvalue weighted by Gasteiger charge is 2.26. The lowest BCUT2D eigenvalue weighted by Gasteiger charge is -2.23. The molecular formula is C25H34N2O4. The summed E-state index contributed by atoms with van der Waals surface area (Å²) in [4.78, 5) is 25.4. The average molecular weight is 427 g/mol. The van der Waals surface area contributed by atoms with Crippen LogP contribution in [0.25, 0.3) is 0 Å². The van der Waals surface area contributed by atoms with E-state index in [0.29, 0.717) is 37.5 Å². The number of nitrogens with one attached hydrogen (secondary N) is 2. The lowest BCUT2D eigenvalue weighted by Crippen LogP contribution is -2.50. The summed E-state index contributed by atoms with van der Waals surface area (Å²) in [5.74, 6) is 1.03. The van der Waals surface area contributed by atoms with Gasteiger partial charge in [0.05, 0.1) is 13.2 Å². The normalized spacial score (nSPS) is 12.5. The third-order valence-corrected chi connectivity index (χ3v) is 5.14. The number of hydrogen-bond acceptors (Lipinski definition) is 4. The SMILES string of the molecule is CCOc1ccc(CCNC(=O)[C@@H](NC(=O)c2ccccc2)[C@@H](C)CC)cc1OCC. The summed E-state index contributed by atoms with van der Waals surface area (Å²) < 4.78 is 11.3. The molecule has 0 aromatic heterocycles. The first kappa shape index (κ1) is 24.3. The van der Waals surface area contributed by atoms with Crippen LogP contribution in [0.2, 0.25) is 0 Å². The van der Waals surface area contributed by atoms with E-state index < -0.39 is 6.04 Å². The van der Waals surface area contributed by atoms with Crippen LogP contribution in [0.5, 0.6) is 11.5 Å². The van der Waals surface area contributed by atoms with Crippen LogP contribution < -0.4 is 20.1 Å². The summed E-state index contributed by atoms with van der Waals surface area (Å²) in [5, 5.41) is 5.86. The lowest BCUT2D eigenvalue weighted by atomic mass is 9.97. The molecule has 2 rings (SSSR count). The number of rotatable bonds is 12. The first-order valence-corrected chi connectivity index (χ1v) is 11.0. The largest absolute Gasteiger partial charge is 0.490 e. The maximum Gasteiger partial charge on any atom is 0.251 e. The summed E-state index contributed by atoms with van der Waals surface area (Å²) in [7, 11) is 0. The van der Waals surface area contributed by atoms with Crippen molar-refractivity contribution < 1.29 is 19.1 Å². The van der Waals surface area contributed by atoms with Crippen LogP contribution in [-0.2, 0) is 11.2 Å². The standard InChI is InChI=1S/C25H34N2O4/c1-5-18(4)23(27-24(28)20-11-9-8-10-12-20)25(29)26-16-15-19-13-14-21(30-6-2)22(17-19)31-7-3/h8-14,17-18,23H,5-7,15-16H2,1-4H3,(H,26,29)(H,27,28)/t18-,23-/m0/s1. The molecule has 2 aromatic rings. The summed E-state index contributed by atoms with van der Waals surface area (Å²) in [5.41, 5.74) is 1.59. The third-order valence-electron chi connectivity index (χ3n) is 5.14. The average Bonchev–Trinajstić information content (AvgIpc) is 2.79. The first-order valence-electron chi connectivity index (χ1n) is 11.0. The zero-order valence-electron chi connectivity index (χ0n) is 18.9. The van der Waals surface area contributed by atoms with Crippen molar-refractivity contribution in [3.63, 3.8) is 0 Å². The van der Waals surface area contributed by atoms with Crippen molar-refractivity contribution in [1.29, 1.82) is 0 Å². The van der Waals surface area contributed by atoms with Crippen molar-refractivity contribution in [3.8, 4) is 11.5 Å². The van der Waals surface area contributed by atoms with Gasteiger partial charge in [-0.05, 0) is 56.0 Å². The fourth-order valence-electron chi connectivity index (χ4n) is 3.21. The molecule has 0 bridgehead atoms. The number of amides is 2. The Labute approximate surface area is 185 Å². The Morgan fingerprint density at radius 2 is 1.61 bits per heavy atom. The van der Waals surface area contributed by atoms with Crippen molar-refractivity contribution in [2.45, 2.75) is 46.6 Å². The van der Waals surface area contributed by atoms with Gasteiger partial charge in [-0.3, -0.25) is 9.59 Å². The van der Waals surface area contributed by atoms with E-state index in [4.69, 9.17) is 9.47 Å². The quantitative estimate of drug-likeness (QED) is 0.538. The topological polar surface area (TPSA) is 76.7 Å². The fourth-order valence-corrected chi connectivity index (χ4v) is 3.21. The Morgan fingerprint density at radius 1 is 0.935 bits per heavy atom. The molecule has 2 N–H and O–H groups in total. The minimum absolute atomic E-state index is 0.0164. The molecule has 2 atom stereocenters. The minimum Gasteiger partial charge on any atom is -0.490 e. The van der Waals surface area contributed by atoms with Gasteiger partial charge in [0.25, 0.3) is 5.91 Å². The second-order valence-electron chi connectivity index (χ2n) is 7.39. The van der Waals surface area contributed by atoms with Crippen LogP contribution in [0.4, 0.5) is 0 Å². The molecule has 0 aliphatic carbocycles. The van der Waals surface area contributed by atoms with E-state index in [9.17, 15) is 9.59 Å². The van der Waals surface area contributed by atoms with Gasteiger partial charge in [-0.25, -0.2) is 0 Å². The Bertz CT molecular complexity index is 839. The van der Waals surface area contributed by atoms with E-state index >= 15 is 0 Å². The second-order valence-corrected chi connectivity index (χ2v) is 7.39. The van der Waals surface area contributed by atoms with Gasteiger partial charge in [0.15, 0.2) is 11.5 Å². The van der Waals surface area contributed by atoms with Gasteiger partial charge in [-0.2, -0.15) is 0 Å². The monoisotopic (exact) mass is 426 g/mol. The van der Waals surface area contributed by atoms with Gasteiger partial charge in [0, 0.05) is 12.1 Å². The molecule has 0 saturated carbocycles. The van der Waals surface area contributed by atoms with E-state index in [-0.39, 0.29) is 17.7 Å². The van der Waals surface area contributed by atoms with Gasteiger partial charge >= 0.3 is 0 Å². The van der Waals surface area contributed by atoms with Crippen molar-refractivity contribution >= 4 is 11.8 Å². The molecule has 0 aliphatic rings. The van der Waals surface area contributed by atoms with E-state index in [0.717, 1.165) is 17.7 Å². The summed E-state index contributed by atoms with van der Waals surface area (Å²) in [6, 6.07) is 14.2. The Balaban J connectivity index is 1.98. The van der Waals surface area contributed by atoms with Crippen LogP contribution in [0.15, 0.2) is 48.5 Å². The summed E-state index contributed by atoms with van der Waals surface area (Å²) in [6.45, 7) is 9.43. The fraction of sp³-hybridized carbons (Fsp3) is 0.440. The molecule has 168 valence electrons. The molecule has 2 aromatic carbocycles. The Hall–Kier alpha value is -3.02. The minimum atomic E-state index is -0.586. The van der Waals surface area contributed by atoms with Crippen LogP contribution >= 0.6 is 0 Å². The van der Waals surface area contributed by atoms with Gasteiger partial charge < -0.3 is 20.1 Å². The number of hydrogen-bond donors (Lipinski definition) is 2. The first-order chi connectivity index (χ1) is 15.0. The third kappa shape index (κ3) is 7.31. The molecule has 0 unspecified atom stereocenters. The van der Waals surface area contributed by atoms with Crippen LogP contribution in [0, 0.1) is 5.92 Å². The predicted molar refractivity (Wildman–Crippen MR) is 123 cm³/mol. The van der Waals surface area contributed by atoms with Crippen molar-refractivity contribution in [2.75, 3.05) is 19.8 Å². The van der Waals surface area contributed by atoms with Gasteiger partial charge in [0.1, 0.15) is 6.04 Å². The molecule has 0 fully saturated rings. The summed E-state index contributed by atoms with van der Waals surface area (Å²) in [6.07, 6.45) is 1.43. The van der Waals surface area contributed by atoms with E-state index in [1.807, 2.05) is 52.0 Å². The van der Waals surface area contributed by atoms with E-state index in [2.05, 4.69) is 10.6 Å². The molecule has 6 nitrogen and oxygen atoms in total. The maximum atomic E-state index is 12.8.